The third-order valence-electron chi connectivity index (χ3n) is 2.80. The standard InChI is InChI=1S/C17H18N2O/c1-14-7-8-17(15(13-14)5-4-10-18)20-12-9-16-6-2-3-11-19-16/h2-3,6-8,11,13H,9-10,12,18H2,1H3. The Morgan fingerprint density at radius 3 is 2.90 bits per heavy atom. The van der Waals surface area contributed by atoms with Gasteiger partial charge in [-0.2, -0.15) is 0 Å². The van der Waals surface area contributed by atoms with Gasteiger partial charge in [-0.15, -0.1) is 0 Å². The highest BCUT2D eigenvalue weighted by molar-refractivity contribution is 5.48. The predicted octanol–water partition coefficient (Wildman–Crippen LogP) is 2.32. The molecule has 0 fully saturated rings. The first-order valence-corrected chi connectivity index (χ1v) is 6.62. The summed E-state index contributed by atoms with van der Waals surface area (Å²) >= 11 is 0. The zero-order valence-corrected chi connectivity index (χ0v) is 11.6. The normalized spacial score (nSPS) is 9.70. The van der Waals surface area contributed by atoms with Crippen LogP contribution in [0, 0.1) is 18.8 Å². The van der Waals surface area contributed by atoms with E-state index < -0.39 is 0 Å². The molecule has 0 saturated carbocycles. The van der Waals surface area contributed by atoms with Crippen molar-refractivity contribution in [2.24, 2.45) is 5.73 Å². The molecule has 20 heavy (non-hydrogen) atoms. The quantitative estimate of drug-likeness (QED) is 0.864. The molecule has 0 aliphatic rings. The van der Waals surface area contributed by atoms with Gasteiger partial charge in [-0.1, -0.05) is 24.0 Å². The number of nitrogens with two attached hydrogens (primary N) is 1. The van der Waals surface area contributed by atoms with Crippen LogP contribution < -0.4 is 10.5 Å². The van der Waals surface area contributed by atoms with Crippen LogP contribution in [-0.4, -0.2) is 18.1 Å². The van der Waals surface area contributed by atoms with Crippen LogP contribution in [0.3, 0.4) is 0 Å². The Hall–Kier alpha value is -2.31. The number of benzene rings is 1. The molecule has 1 aromatic carbocycles. The van der Waals surface area contributed by atoms with Crippen molar-refractivity contribution in [2.45, 2.75) is 13.3 Å². The average molecular weight is 266 g/mol. The Bertz CT molecular complexity index is 612. The molecule has 102 valence electrons. The second-order valence-corrected chi connectivity index (χ2v) is 4.43. The van der Waals surface area contributed by atoms with Crippen molar-refractivity contribution in [3.8, 4) is 17.6 Å². The highest BCUT2D eigenvalue weighted by Gasteiger charge is 2.02. The molecule has 3 heteroatoms. The molecule has 0 aliphatic heterocycles. The van der Waals surface area contributed by atoms with E-state index in [4.69, 9.17) is 10.5 Å². The van der Waals surface area contributed by atoms with Gasteiger partial charge in [0.15, 0.2) is 0 Å². The summed E-state index contributed by atoms with van der Waals surface area (Å²) < 4.78 is 5.81. The lowest BCUT2D eigenvalue weighted by molar-refractivity contribution is 0.319. The summed E-state index contributed by atoms with van der Waals surface area (Å²) in [6.45, 7) is 2.96. The molecule has 2 rings (SSSR count). The third-order valence-corrected chi connectivity index (χ3v) is 2.80. The second-order valence-electron chi connectivity index (χ2n) is 4.43. The van der Waals surface area contributed by atoms with Gasteiger partial charge in [-0.25, -0.2) is 0 Å². The molecule has 2 N–H and O–H groups in total. The number of aryl methyl sites for hydroxylation is 1. The van der Waals surface area contributed by atoms with Crippen LogP contribution in [-0.2, 0) is 6.42 Å². The van der Waals surface area contributed by atoms with E-state index in [0.717, 1.165) is 29.0 Å². The minimum absolute atomic E-state index is 0.349. The minimum Gasteiger partial charge on any atom is -0.492 e. The lowest BCUT2D eigenvalue weighted by atomic mass is 10.1. The molecular formula is C17H18N2O. The lowest BCUT2D eigenvalue weighted by Crippen LogP contribution is -2.04. The van der Waals surface area contributed by atoms with Gasteiger partial charge in [-0.05, 0) is 36.8 Å². The molecule has 2 aromatic rings. The molecule has 1 aromatic heterocycles. The van der Waals surface area contributed by atoms with E-state index in [1.54, 1.807) is 6.20 Å². The minimum atomic E-state index is 0.349. The topological polar surface area (TPSA) is 48.1 Å². The first kappa shape index (κ1) is 14.1. The second kappa shape index (κ2) is 7.32. The fourth-order valence-electron chi connectivity index (χ4n) is 1.83. The third kappa shape index (κ3) is 4.11. The number of hydrogen-bond acceptors (Lipinski definition) is 3. The molecule has 1 heterocycles. The average Bonchev–Trinajstić information content (AvgIpc) is 2.48. The zero-order chi connectivity index (χ0) is 14.2. The number of pyridine rings is 1. The molecule has 0 spiro atoms. The van der Waals surface area contributed by atoms with E-state index in [9.17, 15) is 0 Å². The van der Waals surface area contributed by atoms with Crippen LogP contribution in [0.4, 0.5) is 0 Å². The Morgan fingerprint density at radius 1 is 1.25 bits per heavy atom. The van der Waals surface area contributed by atoms with E-state index in [1.165, 1.54) is 0 Å². The van der Waals surface area contributed by atoms with Crippen molar-refractivity contribution in [1.29, 1.82) is 0 Å². The van der Waals surface area contributed by atoms with E-state index in [-0.39, 0.29) is 0 Å². The summed E-state index contributed by atoms with van der Waals surface area (Å²) in [6.07, 6.45) is 2.57. The highest BCUT2D eigenvalue weighted by atomic mass is 16.5. The molecule has 0 aliphatic carbocycles. The molecule has 0 unspecified atom stereocenters. The molecule has 0 atom stereocenters. The van der Waals surface area contributed by atoms with Crippen LogP contribution in [0.1, 0.15) is 16.8 Å². The van der Waals surface area contributed by atoms with Gasteiger partial charge in [0.05, 0.1) is 18.7 Å². The predicted molar refractivity (Wildman–Crippen MR) is 80.5 cm³/mol. The van der Waals surface area contributed by atoms with Crippen molar-refractivity contribution < 1.29 is 4.74 Å². The largest absolute Gasteiger partial charge is 0.492 e. The Balaban J connectivity index is 2.02. The molecular weight excluding hydrogens is 248 g/mol. The van der Waals surface area contributed by atoms with Gasteiger partial charge in [0, 0.05) is 18.3 Å². The van der Waals surface area contributed by atoms with Crippen LogP contribution >= 0.6 is 0 Å². The van der Waals surface area contributed by atoms with Crippen molar-refractivity contribution >= 4 is 0 Å². The van der Waals surface area contributed by atoms with Crippen molar-refractivity contribution in [3.63, 3.8) is 0 Å². The van der Waals surface area contributed by atoms with Gasteiger partial charge >= 0.3 is 0 Å². The molecule has 3 nitrogen and oxygen atoms in total. The summed E-state index contributed by atoms with van der Waals surface area (Å²) in [7, 11) is 0. The number of rotatable bonds is 4. The van der Waals surface area contributed by atoms with Gasteiger partial charge in [0.2, 0.25) is 0 Å². The fraction of sp³-hybridized carbons (Fsp3) is 0.235. The number of hydrogen-bond donors (Lipinski definition) is 1. The smallest absolute Gasteiger partial charge is 0.134 e. The van der Waals surface area contributed by atoms with Gasteiger partial charge in [0.1, 0.15) is 5.75 Å². The summed E-state index contributed by atoms with van der Waals surface area (Å²) in [5.74, 6) is 6.71. The molecule has 0 radical (unpaired) electrons. The zero-order valence-electron chi connectivity index (χ0n) is 11.6. The summed E-state index contributed by atoms with van der Waals surface area (Å²) in [5, 5.41) is 0. The number of aromatic nitrogens is 1. The van der Waals surface area contributed by atoms with E-state index >= 15 is 0 Å². The Morgan fingerprint density at radius 2 is 2.15 bits per heavy atom. The summed E-state index contributed by atoms with van der Waals surface area (Å²) in [5.41, 5.74) is 8.48. The maximum absolute atomic E-state index is 5.81. The van der Waals surface area contributed by atoms with E-state index in [1.807, 2.05) is 43.3 Å². The molecule has 0 saturated heterocycles. The van der Waals surface area contributed by atoms with Gasteiger partial charge in [0.25, 0.3) is 0 Å². The maximum atomic E-state index is 5.81. The van der Waals surface area contributed by atoms with Crippen LogP contribution in [0.5, 0.6) is 5.75 Å². The Labute approximate surface area is 119 Å². The SMILES string of the molecule is Cc1ccc(OCCc2ccccn2)c(C#CCN)c1. The monoisotopic (exact) mass is 266 g/mol. The summed E-state index contributed by atoms with van der Waals surface area (Å²) in [4.78, 5) is 4.27. The fourth-order valence-corrected chi connectivity index (χ4v) is 1.83. The van der Waals surface area contributed by atoms with E-state index in [2.05, 4.69) is 16.8 Å². The number of nitrogens with zero attached hydrogens (tertiary/aromatic N) is 1. The van der Waals surface area contributed by atoms with Crippen molar-refractivity contribution in [1.82, 2.24) is 4.98 Å². The molecule has 0 bridgehead atoms. The highest BCUT2D eigenvalue weighted by Crippen LogP contribution is 2.19. The lowest BCUT2D eigenvalue weighted by Gasteiger charge is -2.09. The molecule has 0 amide bonds. The first-order valence-electron chi connectivity index (χ1n) is 6.62. The van der Waals surface area contributed by atoms with Crippen LogP contribution in [0.25, 0.3) is 0 Å². The van der Waals surface area contributed by atoms with Crippen molar-refractivity contribution in [3.05, 3.63) is 59.4 Å². The van der Waals surface area contributed by atoms with Crippen molar-refractivity contribution in [2.75, 3.05) is 13.2 Å². The van der Waals surface area contributed by atoms with Gasteiger partial charge < -0.3 is 10.5 Å². The first-order chi connectivity index (χ1) is 9.79. The Kier molecular flexibility index (Phi) is 5.16. The number of ether oxygens (including phenoxy) is 1. The van der Waals surface area contributed by atoms with Crippen LogP contribution in [0.15, 0.2) is 42.6 Å². The summed E-state index contributed by atoms with van der Waals surface area (Å²) in [6, 6.07) is 11.9. The van der Waals surface area contributed by atoms with E-state index in [0.29, 0.717) is 13.2 Å². The van der Waals surface area contributed by atoms with Gasteiger partial charge in [-0.3, -0.25) is 4.98 Å². The van der Waals surface area contributed by atoms with Crippen LogP contribution in [0.2, 0.25) is 0 Å². The maximum Gasteiger partial charge on any atom is 0.134 e.